The summed E-state index contributed by atoms with van der Waals surface area (Å²) >= 11 is 0. The van der Waals surface area contributed by atoms with Crippen LogP contribution in [0.2, 0.25) is 0 Å². The fourth-order valence-corrected chi connectivity index (χ4v) is 1.40. The quantitative estimate of drug-likeness (QED) is 0.821. The third-order valence-corrected chi connectivity index (χ3v) is 2.50. The van der Waals surface area contributed by atoms with E-state index in [1.165, 1.54) is 4.90 Å². The van der Waals surface area contributed by atoms with Crippen molar-refractivity contribution in [3.63, 3.8) is 0 Å². The maximum absolute atomic E-state index is 11.8. The summed E-state index contributed by atoms with van der Waals surface area (Å²) in [6.45, 7) is 1.80. The molecular formula is C12H16N2O3. The van der Waals surface area contributed by atoms with Gasteiger partial charge in [0.1, 0.15) is 0 Å². The summed E-state index contributed by atoms with van der Waals surface area (Å²) < 4.78 is 0. The number of hydrogen-bond donors (Lipinski definition) is 1. The highest BCUT2D eigenvalue weighted by Crippen LogP contribution is 2.03. The second kappa shape index (κ2) is 5.98. The van der Waals surface area contributed by atoms with E-state index in [4.69, 9.17) is 5.11 Å². The first kappa shape index (κ1) is 13.2. The van der Waals surface area contributed by atoms with E-state index in [1.54, 1.807) is 38.5 Å². The normalized spacial score (nSPS) is 11.9. The molecule has 1 rings (SSSR count). The average molecular weight is 236 g/mol. The molecule has 5 nitrogen and oxygen atoms in total. The van der Waals surface area contributed by atoms with Gasteiger partial charge in [0.2, 0.25) is 5.91 Å². The van der Waals surface area contributed by atoms with Crippen LogP contribution in [0.15, 0.2) is 24.5 Å². The lowest BCUT2D eigenvalue weighted by atomic mass is 10.1. The molecule has 5 heteroatoms. The maximum atomic E-state index is 11.8. The maximum Gasteiger partial charge on any atom is 0.308 e. The molecule has 0 saturated carbocycles. The Morgan fingerprint density at radius 2 is 2.00 bits per heavy atom. The molecule has 17 heavy (non-hydrogen) atoms. The average Bonchev–Trinajstić information content (AvgIpc) is 2.29. The van der Waals surface area contributed by atoms with Crippen molar-refractivity contribution in [3.05, 3.63) is 30.1 Å². The van der Waals surface area contributed by atoms with E-state index in [1.807, 2.05) is 0 Å². The third kappa shape index (κ3) is 4.22. The highest BCUT2D eigenvalue weighted by Gasteiger charge is 2.17. The first-order valence-electron chi connectivity index (χ1n) is 5.36. The van der Waals surface area contributed by atoms with E-state index in [2.05, 4.69) is 4.98 Å². The molecular weight excluding hydrogens is 220 g/mol. The minimum atomic E-state index is -0.895. The van der Waals surface area contributed by atoms with Crippen LogP contribution in [0.3, 0.4) is 0 Å². The van der Waals surface area contributed by atoms with E-state index < -0.39 is 11.9 Å². The van der Waals surface area contributed by atoms with Crippen molar-refractivity contribution in [2.75, 3.05) is 13.6 Å². The molecule has 1 aromatic rings. The van der Waals surface area contributed by atoms with Gasteiger partial charge in [-0.15, -0.1) is 0 Å². The predicted octanol–water partition coefficient (Wildman–Crippen LogP) is 0.803. The lowest BCUT2D eigenvalue weighted by Crippen LogP contribution is -2.34. The number of carbonyl (C=O) groups excluding carboxylic acids is 1. The number of rotatable bonds is 5. The molecule has 0 bridgehead atoms. The summed E-state index contributed by atoms with van der Waals surface area (Å²) in [5.41, 5.74) is 0.875. The van der Waals surface area contributed by atoms with Crippen molar-refractivity contribution in [2.45, 2.75) is 13.3 Å². The summed E-state index contributed by atoms with van der Waals surface area (Å²) in [7, 11) is 1.61. The third-order valence-electron chi connectivity index (χ3n) is 2.50. The van der Waals surface area contributed by atoms with Crippen LogP contribution in [0.4, 0.5) is 0 Å². The van der Waals surface area contributed by atoms with Crippen molar-refractivity contribution in [3.8, 4) is 0 Å². The predicted molar refractivity (Wildman–Crippen MR) is 62.4 cm³/mol. The molecule has 1 amide bonds. The molecule has 92 valence electrons. The Morgan fingerprint density at radius 1 is 1.41 bits per heavy atom. The largest absolute Gasteiger partial charge is 0.481 e. The van der Waals surface area contributed by atoms with E-state index in [0.717, 1.165) is 5.56 Å². The minimum Gasteiger partial charge on any atom is -0.481 e. The molecule has 0 aliphatic heterocycles. The van der Waals surface area contributed by atoms with Crippen LogP contribution < -0.4 is 0 Å². The molecule has 0 radical (unpaired) electrons. The van der Waals surface area contributed by atoms with Gasteiger partial charge in [-0.25, -0.2) is 0 Å². The molecule has 0 aliphatic rings. The van der Waals surface area contributed by atoms with E-state index in [-0.39, 0.29) is 18.9 Å². The number of likely N-dealkylation sites (N-methyl/N-ethyl adjacent to an activating group) is 1. The Hall–Kier alpha value is -1.91. The fraction of sp³-hybridized carbons (Fsp3) is 0.417. The van der Waals surface area contributed by atoms with Crippen LogP contribution in [-0.2, 0) is 16.0 Å². The summed E-state index contributed by atoms with van der Waals surface area (Å²) in [5, 5.41) is 8.76. The molecule has 0 spiro atoms. The van der Waals surface area contributed by atoms with Crippen LogP contribution in [0.1, 0.15) is 12.5 Å². The highest BCUT2D eigenvalue weighted by atomic mass is 16.4. The Kier molecular flexibility index (Phi) is 4.63. The van der Waals surface area contributed by atoms with Gasteiger partial charge in [-0.05, 0) is 17.7 Å². The second-order valence-corrected chi connectivity index (χ2v) is 4.05. The number of hydrogen-bond acceptors (Lipinski definition) is 3. The number of aliphatic carboxylic acids is 1. The standard InChI is InChI=1S/C12H16N2O3/c1-9(12(16)17)8-14(2)11(15)7-10-3-5-13-6-4-10/h3-6,9H,7-8H2,1-2H3,(H,16,17). The second-order valence-electron chi connectivity index (χ2n) is 4.05. The molecule has 0 aliphatic carbocycles. The highest BCUT2D eigenvalue weighted by molar-refractivity contribution is 5.79. The van der Waals surface area contributed by atoms with Crippen molar-refractivity contribution in [2.24, 2.45) is 5.92 Å². The molecule has 1 atom stereocenters. The zero-order valence-electron chi connectivity index (χ0n) is 9.96. The zero-order valence-corrected chi connectivity index (χ0v) is 9.96. The van der Waals surface area contributed by atoms with Gasteiger partial charge in [-0.2, -0.15) is 0 Å². The van der Waals surface area contributed by atoms with Crippen molar-refractivity contribution in [1.82, 2.24) is 9.88 Å². The summed E-state index contributed by atoms with van der Waals surface area (Å²) in [6.07, 6.45) is 3.52. The van der Waals surface area contributed by atoms with E-state index in [9.17, 15) is 9.59 Å². The van der Waals surface area contributed by atoms with Gasteiger partial charge in [-0.1, -0.05) is 6.92 Å². The number of carboxylic acid groups (broad SMARTS) is 1. The van der Waals surface area contributed by atoms with Gasteiger partial charge >= 0.3 is 5.97 Å². The number of aromatic nitrogens is 1. The van der Waals surface area contributed by atoms with Crippen molar-refractivity contribution in [1.29, 1.82) is 0 Å². The Morgan fingerprint density at radius 3 is 2.53 bits per heavy atom. The van der Waals surface area contributed by atoms with Gasteiger partial charge in [0.15, 0.2) is 0 Å². The number of pyridine rings is 1. The lowest BCUT2D eigenvalue weighted by molar-refractivity contribution is -0.142. The molecule has 1 aromatic heterocycles. The molecule has 1 N–H and O–H groups in total. The SMILES string of the molecule is CC(CN(C)C(=O)Cc1ccncc1)C(=O)O. The number of carbonyl (C=O) groups is 2. The molecule has 0 fully saturated rings. The molecule has 0 aromatic carbocycles. The van der Waals surface area contributed by atoms with Crippen LogP contribution in [0, 0.1) is 5.92 Å². The van der Waals surface area contributed by atoms with Gasteiger partial charge in [0.05, 0.1) is 12.3 Å². The minimum absolute atomic E-state index is 0.0932. The Bertz CT molecular complexity index is 392. The number of carboxylic acids is 1. The topological polar surface area (TPSA) is 70.5 Å². The van der Waals surface area contributed by atoms with Gasteiger partial charge in [0, 0.05) is 26.0 Å². The first-order chi connectivity index (χ1) is 8.00. The Labute approximate surface area is 100 Å². The first-order valence-corrected chi connectivity index (χ1v) is 5.36. The van der Waals surface area contributed by atoms with Crippen molar-refractivity contribution < 1.29 is 14.7 Å². The van der Waals surface area contributed by atoms with Crippen LogP contribution in [0.25, 0.3) is 0 Å². The Balaban J connectivity index is 2.50. The summed E-state index contributed by atoms with van der Waals surface area (Å²) in [5.74, 6) is -1.54. The van der Waals surface area contributed by atoms with Crippen LogP contribution >= 0.6 is 0 Å². The fourth-order valence-electron chi connectivity index (χ4n) is 1.40. The van der Waals surface area contributed by atoms with E-state index in [0.29, 0.717) is 0 Å². The lowest BCUT2D eigenvalue weighted by Gasteiger charge is -2.19. The van der Waals surface area contributed by atoms with Crippen molar-refractivity contribution >= 4 is 11.9 Å². The molecule has 0 saturated heterocycles. The van der Waals surface area contributed by atoms with Gasteiger partial charge in [0.25, 0.3) is 0 Å². The summed E-state index contributed by atoms with van der Waals surface area (Å²) in [4.78, 5) is 27.8. The molecule has 1 unspecified atom stereocenters. The van der Waals surface area contributed by atoms with Gasteiger partial charge < -0.3 is 10.0 Å². The van der Waals surface area contributed by atoms with E-state index >= 15 is 0 Å². The monoisotopic (exact) mass is 236 g/mol. The van der Waals surface area contributed by atoms with Gasteiger partial charge in [-0.3, -0.25) is 14.6 Å². The number of nitrogens with zero attached hydrogens (tertiary/aromatic N) is 2. The number of amides is 1. The summed E-state index contributed by atoms with van der Waals surface area (Å²) in [6, 6.07) is 3.54. The molecule has 1 heterocycles. The van der Waals surface area contributed by atoms with Crippen LogP contribution in [-0.4, -0.2) is 40.5 Å². The smallest absolute Gasteiger partial charge is 0.308 e. The zero-order chi connectivity index (χ0) is 12.8. The van der Waals surface area contributed by atoms with Crippen LogP contribution in [0.5, 0.6) is 0 Å².